The zero-order chi connectivity index (χ0) is 11.1. The number of rotatable bonds is 6. The molecule has 0 aliphatic heterocycles. The molecule has 0 saturated carbocycles. The Balaban J connectivity index is 2.39. The molecule has 0 atom stereocenters. The Bertz CT molecular complexity index is 318. The summed E-state index contributed by atoms with van der Waals surface area (Å²) in [6, 6.07) is 2.90. The predicted molar refractivity (Wildman–Crippen MR) is 59.2 cm³/mol. The maximum Gasteiger partial charge on any atom is 0.287 e. The Morgan fingerprint density at radius 2 is 2.40 bits per heavy atom. The van der Waals surface area contributed by atoms with E-state index in [1.807, 2.05) is 0 Å². The van der Waals surface area contributed by atoms with Gasteiger partial charge >= 0.3 is 0 Å². The van der Waals surface area contributed by atoms with Gasteiger partial charge in [0.1, 0.15) is 12.0 Å². The van der Waals surface area contributed by atoms with Gasteiger partial charge in [0.2, 0.25) is 0 Å². The molecule has 1 aromatic heterocycles. The van der Waals surface area contributed by atoms with Crippen molar-refractivity contribution in [2.45, 2.75) is 0 Å². The van der Waals surface area contributed by atoms with Crippen molar-refractivity contribution in [1.29, 1.82) is 0 Å². The average molecular weight is 229 g/mol. The minimum atomic E-state index is -0.493. The van der Waals surface area contributed by atoms with Gasteiger partial charge in [-0.2, -0.15) is 4.83 Å². The van der Waals surface area contributed by atoms with Crippen molar-refractivity contribution >= 4 is 23.5 Å². The van der Waals surface area contributed by atoms with Gasteiger partial charge in [0.05, 0.1) is 4.92 Å². The first-order chi connectivity index (χ1) is 7.24. The molecule has 82 valence electrons. The maximum atomic E-state index is 10.3. The lowest BCUT2D eigenvalue weighted by molar-refractivity contribution is -0.385. The van der Waals surface area contributed by atoms with Crippen molar-refractivity contribution in [3.05, 3.63) is 28.4 Å². The van der Waals surface area contributed by atoms with Gasteiger partial charge in [-0.3, -0.25) is 15.5 Å². The van der Waals surface area contributed by atoms with Crippen LogP contribution in [0.15, 0.2) is 18.3 Å². The first kappa shape index (κ1) is 11.7. The monoisotopic (exact) mass is 229 g/mol. The van der Waals surface area contributed by atoms with Gasteiger partial charge in [-0.1, -0.05) is 11.9 Å². The Morgan fingerprint density at radius 3 is 2.93 bits per heavy atom. The Labute approximate surface area is 90.7 Å². The summed E-state index contributed by atoms with van der Waals surface area (Å²) >= 11 is 1.40. The van der Waals surface area contributed by atoms with Crippen LogP contribution in [0.5, 0.6) is 0 Å². The van der Waals surface area contributed by atoms with Crippen LogP contribution in [0, 0.1) is 10.1 Å². The van der Waals surface area contributed by atoms with E-state index in [2.05, 4.69) is 15.2 Å². The molecule has 0 saturated heterocycles. The molecule has 7 nitrogen and oxygen atoms in total. The smallest absolute Gasteiger partial charge is 0.287 e. The highest BCUT2D eigenvalue weighted by Crippen LogP contribution is 2.11. The Hall–Kier alpha value is -1.38. The van der Waals surface area contributed by atoms with Crippen molar-refractivity contribution in [3.63, 3.8) is 0 Å². The quantitative estimate of drug-likeness (QED) is 0.282. The molecule has 0 aromatic carbocycles. The zero-order valence-corrected chi connectivity index (χ0v) is 8.66. The highest BCUT2D eigenvalue weighted by atomic mass is 32.2. The van der Waals surface area contributed by atoms with Crippen molar-refractivity contribution < 1.29 is 4.92 Å². The third kappa shape index (κ3) is 4.11. The van der Waals surface area contributed by atoms with Crippen LogP contribution in [0.4, 0.5) is 11.5 Å². The molecule has 0 spiro atoms. The number of hydrazine groups is 1. The molecule has 4 N–H and O–H groups in total. The van der Waals surface area contributed by atoms with Gasteiger partial charge in [0.15, 0.2) is 0 Å². The van der Waals surface area contributed by atoms with E-state index in [1.165, 1.54) is 30.3 Å². The fraction of sp³-hybridized carbons (Fsp3) is 0.286. The summed E-state index contributed by atoms with van der Waals surface area (Å²) in [7, 11) is 0. The lowest BCUT2D eigenvalue weighted by Gasteiger charge is -2.04. The number of hydrogen-bond donors (Lipinski definition) is 3. The fourth-order valence-corrected chi connectivity index (χ4v) is 1.16. The van der Waals surface area contributed by atoms with Crippen LogP contribution >= 0.6 is 11.9 Å². The van der Waals surface area contributed by atoms with Gasteiger partial charge in [-0.15, -0.1) is 0 Å². The van der Waals surface area contributed by atoms with E-state index in [4.69, 9.17) is 5.73 Å². The first-order valence-corrected chi connectivity index (χ1v) is 5.16. The fourth-order valence-electron chi connectivity index (χ4n) is 0.766. The number of nitrogens with zero attached hydrogens (tertiary/aromatic N) is 2. The van der Waals surface area contributed by atoms with E-state index >= 15 is 0 Å². The molecule has 15 heavy (non-hydrogen) atoms. The van der Waals surface area contributed by atoms with Crippen molar-refractivity contribution in [3.8, 4) is 0 Å². The molecule has 8 heteroatoms. The molecule has 1 rings (SSSR count). The van der Waals surface area contributed by atoms with Crippen LogP contribution in [0.3, 0.4) is 0 Å². The highest BCUT2D eigenvalue weighted by molar-refractivity contribution is 7.97. The van der Waals surface area contributed by atoms with E-state index in [0.29, 0.717) is 12.4 Å². The third-order valence-electron chi connectivity index (χ3n) is 1.43. The molecule has 0 fully saturated rings. The Kier molecular flexibility index (Phi) is 4.81. The molecule has 1 aromatic rings. The van der Waals surface area contributed by atoms with E-state index in [1.54, 1.807) is 0 Å². The van der Waals surface area contributed by atoms with Crippen LogP contribution in [-0.4, -0.2) is 22.2 Å². The van der Waals surface area contributed by atoms with Crippen LogP contribution in [0.2, 0.25) is 0 Å². The number of aromatic nitrogens is 1. The lowest BCUT2D eigenvalue weighted by atomic mass is 10.4. The molecule has 0 bridgehead atoms. The number of anilines is 1. The molecule has 1 heterocycles. The SMILES string of the molecule is NCCSNNc1ccc([N+](=O)[O-])cn1. The van der Waals surface area contributed by atoms with E-state index in [-0.39, 0.29) is 5.69 Å². The van der Waals surface area contributed by atoms with Gasteiger partial charge in [-0.25, -0.2) is 4.98 Å². The molecule has 0 unspecified atom stereocenters. The Morgan fingerprint density at radius 1 is 1.60 bits per heavy atom. The summed E-state index contributed by atoms with van der Waals surface area (Å²) in [5.41, 5.74) is 8.02. The van der Waals surface area contributed by atoms with Gasteiger partial charge in [0.25, 0.3) is 5.69 Å². The standard InChI is InChI=1S/C7H11N5O2S/c8-3-4-15-11-10-7-2-1-6(5-9-7)12(13)14/h1-2,5,11H,3-4,8H2,(H,9,10). The molecular weight excluding hydrogens is 218 g/mol. The second-order valence-electron chi connectivity index (χ2n) is 2.52. The summed E-state index contributed by atoms with van der Waals surface area (Å²) in [6.45, 7) is 0.576. The third-order valence-corrected chi connectivity index (χ3v) is 2.12. The normalized spacial score (nSPS) is 9.93. The number of nitro groups is 1. The van der Waals surface area contributed by atoms with Crippen LogP contribution < -0.4 is 16.0 Å². The van der Waals surface area contributed by atoms with Crippen LogP contribution in [0.1, 0.15) is 0 Å². The second-order valence-corrected chi connectivity index (χ2v) is 3.42. The minimum Gasteiger partial charge on any atom is -0.330 e. The van der Waals surface area contributed by atoms with Gasteiger partial charge in [0, 0.05) is 18.4 Å². The predicted octanol–water partition coefficient (Wildman–Crippen LogP) is 0.513. The minimum absolute atomic E-state index is 0.0323. The summed E-state index contributed by atoms with van der Waals surface area (Å²) in [5.74, 6) is 1.28. The van der Waals surface area contributed by atoms with Gasteiger partial charge in [-0.05, 0) is 6.07 Å². The van der Waals surface area contributed by atoms with Crippen molar-refractivity contribution in [2.75, 3.05) is 17.7 Å². The van der Waals surface area contributed by atoms with Crippen LogP contribution in [-0.2, 0) is 0 Å². The lowest BCUT2D eigenvalue weighted by Crippen LogP contribution is -2.16. The number of hydrogen-bond acceptors (Lipinski definition) is 7. The average Bonchev–Trinajstić information content (AvgIpc) is 2.25. The van der Waals surface area contributed by atoms with Crippen molar-refractivity contribution in [2.24, 2.45) is 5.73 Å². The molecule has 0 aliphatic carbocycles. The summed E-state index contributed by atoms with van der Waals surface area (Å²) in [6.07, 6.45) is 1.19. The number of pyridine rings is 1. The zero-order valence-electron chi connectivity index (χ0n) is 7.84. The molecule has 0 amide bonds. The van der Waals surface area contributed by atoms with E-state index < -0.39 is 4.92 Å². The number of nitrogens with one attached hydrogen (secondary N) is 2. The summed E-state index contributed by atoms with van der Waals surface area (Å²) in [5, 5.41) is 10.3. The number of nitrogens with two attached hydrogens (primary N) is 1. The molecule has 0 aliphatic rings. The molecular formula is C7H11N5O2S. The summed E-state index contributed by atoms with van der Waals surface area (Å²) < 4.78 is 0. The van der Waals surface area contributed by atoms with E-state index in [0.717, 1.165) is 5.75 Å². The van der Waals surface area contributed by atoms with Gasteiger partial charge < -0.3 is 5.73 Å². The second kappa shape index (κ2) is 6.17. The van der Waals surface area contributed by atoms with E-state index in [9.17, 15) is 10.1 Å². The highest BCUT2D eigenvalue weighted by Gasteiger charge is 2.04. The van der Waals surface area contributed by atoms with Crippen LogP contribution in [0.25, 0.3) is 0 Å². The first-order valence-electron chi connectivity index (χ1n) is 4.17. The maximum absolute atomic E-state index is 10.3. The topological polar surface area (TPSA) is 106 Å². The largest absolute Gasteiger partial charge is 0.330 e. The van der Waals surface area contributed by atoms with Crippen molar-refractivity contribution in [1.82, 2.24) is 9.82 Å². The molecule has 0 radical (unpaired) electrons. The summed E-state index contributed by atoms with van der Waals surface area (Å²) in [4.78, 5) is 16.5.